The van der Waals surface area contributed by atoms with Crippen LogP contribution < -0.4 is 5.73 Å². The summed E-state index contributed by atoms with van der Waals surface area (Å²) in [5, 5.41) is 9.80. The quantitative estimate of drug-likeness (QED) is 0.750. The Balaban J connectivity index is 2.35. The molecule has 1 heterocycles. The summed E-state index contributed by atoms with van der Waals surface area (Å²) in [5.74, 6) is -0.972. The van der Waals surface area contributed by atoms with Crippen LogP contribution in [0.15, 0.2) is 24.4 Å². The van der Waals surface area contributed by atoms with Gasteiger partial charge in [-0.2, -0.15) is 0 Å². The van der Waals surface area contributed by atoms with E-state index in [-0.39, 0.29) is 0 Å². The molecule has 1 aromatic carbocycles. The number of fused-ring (bicyclic) bond motifs is 1. The van der Waals surface area contributed by atoms with Gasteiger partial charge in [-0.05, 0) is 40.3 Å². The lowest BCUT2D eigenvalue weighted by Crippen LogP contribution is -2.32. The number of carboxylic acids is 1. The molecule has 0 aliphatic rings. The van der Waals surface area contributed by atoms with E-state index in [4.69, 9.17) is 10.8 Å². The van der Waals surface area contributed by atoms with Gasteiger partial charge in [0.25, 0.3) is 0 Å². The third-order valence-corrected chi connectivity index (χ3v) is 3.16. The number of carboxylic acid groups (broad SMARTS) is 1. The second-order valence-electron chi connectivity index (χ2n) is 3.65. The predicted molar refractivity (Wildman–Crippen MR) is 70.3 cm³/mol. The average molecular weight is 330 g/mol. The lowest BCUT2D eigenvalue weighted by molar-refractivity contribution is -0.138. The second-order valence-corrected chi connectivity index (χ2v) is 4.90. The number of carbonyl (C=O) groups is 1. The molecule has 4 N–H and O–H groups in total. The molecule has 1 atom stereocenters. The van der Waals surface area contributed by atoms with E-state index in [9.17, 15) is 4.79 Å². The van der Waals surface area contributed by atoms with Gasteiger partial charge in [0.05, 0.1) is 0 Å². The Morgan fingerprint density at radius 1 is 1.56 bits per heavy atom. The van der Waals surface area contributed by atoms with E-state index in [1.54, 1.807) is 0 Å². The molecule has 1 unspecified atom stereocenters. The number of H-pyrrole nitrogens is 1. The zero-order chi connectivity index (χ0) is 11.7. The molecule has 5 heteroatoms. The van der Waals surface area contributed by atoms with Crippen LogP contribution >= 0.6 is 22.6 Å². The molecule has 0 saturated heterocycles. The Morgan fingerprint density at radius 3 is 3.00 bits per heavy atom. The summed E-state index contributed by atoms with van der Waals surface area (Å²) in [6.45, 7) is 0. The Morgan fingerprint density at radius 2 is 2.31 bits per heavy atom. The summed E-state index contributed by atoms with van der Waals surface area (Å²) in [6, 6.07) is 5.15. The van der Waals surface area contributed by atoms with E-state index in [1.165, 1.54) is 0 Å². The van der Waals surface area contributed by atoms with Crippen molar-refractivity contribution in [3.63, 3.8) is 0 Å². The first-order valence-electron chi connectivity index (χ1n) is 4.82. The van der Waals surface area contributed by atoms with Crippen molar-refractivity contribution in [3.8, 4) is 0 Å². The maximum Gasteiger partial charge on any atom is 0.320 e. The van der Waals surface area contributed by atoms with Gasteiger partial charge < -0.3 is 15.8 Å². The van der Waals surface area contributed by atoms with Crippen LogP contribution in [0.25, 0.3) is 10.9 Å². The standard InChI is InChI=1S/C11H11IN2O2/c12-7-1-2-8-6(3-9(13)11(15)16)5-14-10(8)4-7/h1-2,4-5,9,14H,3,13H2,(H,15,16). The van der Waals surface area contributed by atoms with Crippen molar-refractivity contribution >= 4 is 39.5 Å². The molecule has 0 aliphatic carbocycles. The van der Waals surface area contributed by atoms with E-state index in [2.05, 4.69) is 27.6 Å². The van der Waals surface area contributed by atoms with Crippen LogP contribution in [0.4, 0.5) is 0 Å². The molecular formula is C11H11IN2O2. The van der Waals surface area contributed by atoms with Gasteiger partial charge >= 0.3 is 5.97 Å². The first-order chi connectivity index (χ1) is 7.58. The number of benzene rings is 1. The van der Waals surface area contributed by atoms with E-state index in [0.29, 0.717) is 6.42 Å². The highest BCUT2D eigenvalue weighted by molar-refractivity contribution is 14.1. The van der Waals surface area contributed by atoms with Crippen molar-refractivity contribution in [2.24, 2.45) is 5.73 Å². The number of aromatic amines is 1. The molecule has 0 fully saturated rings. The monoisotopic (exact) mass is 330 g/mol. The Labute approximate surface area is 106 Å². The van der Waals surface area contributed by atoms with Crippen molar-refractivity contribution in [3.05, 3.63) is 33.5 Å². The summed E-state index contributed by atoms with van der Waals surface area (Å²) >= 11 is 2.23. The maximum atomic E-state index is 10.7. The fourth-order valence-corrected chi connectivity index (χ4v) is 2.14. The second kappa shape index (κ2) is 4.42. The lowest BCUT2D eigenvalue weighted by atomic mass is 10.1. The molecule has 0 spiro atoms. The third-order valence-electron chi connectivity index (χ3n) is 2.49. The van der Waals surface area contributed by atoms with Crippen molar-refractivity contribution < 1.29 is 9.90 Å². The van der Waals surface area contributed by atoms with Crippen molar-refractivity contribution in [1.29, 1.82) is 0 Å². The summed E-state index contributed by atoms with van der Waals surface area (Å²) in [4.78, 5) is 13.8. The largest absolute Gasteiger partial charge is 0.480 e. The van der Waals surface area contributed by atoms with Gasteiger partial charge in [-0.1, -0.05) is 6.07 Å². The van der Waals surface area contributed by atoms with Gasteiger partial charge in [0.1, 0.15) is 6.04 Å². The van der Waals surface area contributed by atoms with Crippen LogP contribution in [0.3, 0.4) is 0 Å². The van der Waals surface area contributed by atoms with Crippen LogP contribution in [0.5, 0.6) is 0 Å². The van der Waals surface area contributed by atoms with Crippen molar-refractivity contribution in [2.45, 2.75) is 12.5 Å². The molecule has 0 amide bonds. The maximum absolute atomic E-state index is 10.7. The minimum absolute atomic E-state index is 0.343. The molecular weight excluding hydrogens is 319 g/mol. The van der Waals surface area contributed by atoms with Crippen LogP contribution in [-0.4, -0.2) is 22.1 Å². The summed E-state index contributed by atoms with van der Waals surface area (Å²) in [7, 11) is 0. The van der Waals surface area contributed by atoms with Gasteiger partial charge in [0.15, 0.2) is 0 Å². The van der Waals surface area contributed by atoms with E-state index in [0.717, 1.165) is 20.0 Å². The minimum atomic E-state index is -0.972. The number of aliphatic carboxylic acids is 1. The van der Waals surface area contributed by atoms with Gasteiger partial charge in [0, 0.05) is 27.1 Å². The fraction of sp³-hybridized carbons (Fsp3) is 0.182. The molecule has 0 bridgehead atoms. The zero-order valence-corrected chi connectivity index (χ0v) is 10.6. The molecule has 0 saturated carbocycles. The van der Waals surface area contributed by atoms with Gasteiger partial charge in [-0.15, -0.1) is 0 Å². The van der Waals surface area contributed by atoms with Gasteiger partial charge in [0.2, 0.25) is 0 Å². The van der Waals surface area contributed by atoms with E-state index >= 15 is 0 Å². The normalized spacial score (nSPS) is 12.9. The topological polar surface area (TPSA) is 79.1 Å². The highest BCUT2D eigenvalue weighted by Crippen LogP contribution is 2.21. The van der Waals surface area contributed by atoms with Crippen LogP contribution in [0.1, 0.15) is 5.56 Å². The Kier molecular flexibility index (Phi) is 3.15. The number of hydrogen-bond donors (Lipinski definition) is 3. The number of halogens is 1. The SMILES string of the molecule is NC(Cc1c[nH]c2cc(I)ccc12)C(=O)O. The predicted octanol–water partition coefficient (Wildman–Crippen LogP) is 1.73. The van der Waals surface area contributed by atoms with E-state index in [1.807, 2.05) is 24.4 Å². The lowest BCUT2D eigenvalue weighted by Gasteiger charge is -2.04. The number of nitrogens with one attached hydrogen (secondary N) is 1. The molecule has 4 nitrogen and oxygen atoms in total. The Bertz CT molecular complexity index is 536. The van der Waals surface area contributed by atoms with Crippen LogP contribution in [-0.2, 0) is 11.2 Å². The molecule has 2 aromatic rings. The van der Waals surface area contributed by atoms with Gasteiger partial charge in [-0.25, -0.2) is 0 Å². The summed E-state index contributed by atoms with van der Waals surface area (Å²) < 4.78 is 1.14. The van der Waals surface area contributed by atoms with Crippen molar-refractivity contribution in [2.75, 3.05) is 0 Å². The average Bonchev–Trinajstić information content (AvgIpc) is 2.60. The Hall–Kier alpha value is -1.08. The van der Waals surface area contributed by atoms with Crippen LogP contribution in [0, 0.1) is 3.57 Å². The van der Waals surface area contributed by atoms with E-state index < -0.39 is 12.0 Å². The molecule has 1 aromatic heterocycles. The van der Waals surface area contributed by atoms with Crippen LogP contribution in [0.2, 0.25) is 0 Å². The molecule has 0 radical (unpaired) electrons. The van der Waals surface area contributed by atoms with Crippen molar-refractivity contribution in [1.82, 2.24) is 4.98 Å². The number of rotatable bonds is 3. The fourth-order valence-electron chi connectivity index (χ4n) is 1.65. The number of hydrogen-bond acceptors (Lipinski definition) is 2. The highest BCUT2D eigenvalue weighted by atomic mass is 127. The number of aromatic nitrogens is 1. The molecule has 2 rings (SSSR count). The minimum Gasteiger partial charge on any atom is -0.480 e. The zero-order valence-electron chi connectivity index (χ0n) is 8.40. The third kappa shape index (κ3) is 2.19. The highest BCUT2D eigenvalue weighted by Gasteiger charge is 2.14. The summed E-state index contributed by atoms with van der Waals surface area (Å²) in [6.07, 6.45) is 2.17. The van der Waals surface area contributed by atoms with Gasteiger partial charge in [-0.3, -0.25) is 4.79 Å². The molecule has 84 valence electrons. The smallest absolute Gasteiger partial charge is 0.320 e. The first kappa shape index (κ1) is 11.4. The first-order valence-corrected chi connectivity index (χ1v) is 5.89. The molecule has 16 heavy (non-hydrogen) atoms. The molecule has 0 aliphatic heterocycles. The number of nitrogens with two attached hydrogens (primary N) is 1. The summed E-state index contributed by atoms with van der Waals surface area (Å²) in [5.41, 5.74) is 7.47.